The Hall–Kier alpha value is -8.57. The number of primary amides is 2. The first-order chi connectivity index (χ1) is 38.1. The lowest BCUT2D eigenvalue weighted by Gasteiger charge is -2.28. The number of aromatic amines is 1. The van der Waals surface area contributed by atoms with Gasteiger partial charge in [0.25, 0.3) is 0 Å². The number of nitrogens with two attached hydrogens (primary N) is 3. The molecule has 0 unspecified atom stereocenters. The quantitative estimate of drug-likeness (QED) is 0.0279. The molecule has 0 spiro atoms. The molecule has 2 rings (SSSR count). The molecule has 1 aromatic carbocycles. The standard InChI is InChI=1S/C46H66N14O19S2/c1-20(61)37(46(79)55-25(7-10-34(65)66)39(72)53-24(6-9-32(48)63)40(73)58-30(17-80)38(49)71)60-41(74)26(8-11-35(67)68)54-44(77)29(14-36(69)70)57-45(78)31(18-81)59-42(75)27(12-21-2-4-23(62)5-3-21)56-43(76)28(52-33(64)15-47)13-22-16-50-19-51-22/h2-5,16,19-20,24-31,37,61-62,80-81H,6-15,17-18,47H2,1H3,(H2,48,63)(H2,49,71)(H,50,51)(H,52,64)(H,53,72)(H,54,77)(H,55,79)(H,56,76)(H,57,78)(H,58,73)(H,59,75)(H,60,74)(H,65,66)(H,67,68)(H,69,70)/t20-,24+,25+,26+,27+,28+,29+,30+,31+,37+/m1/s1. The molecule has 0 saturated carbocycles. The largest absolute Gasteiger partial charge is 0.508 e. The molecule has 21 N–H and O–H groups in total. The van der Waals surface area contributed by atoms with Crippen molar-refractivity contribution in [2.45, 2.75) is 125 Å². The zero-order chi connectivity index (χ0) is 61.1. The van der Waals surface area contributed by atoms with Gasteiger partial charge < -0.3 is 95.6 Å². The van der Waals surface area contributed by atoms with Crippen molar-refractivity contribution >= 4 is 108 Å². The van der Waals surface area contributed by atoms with Crippen molar-refractivity contribution in [2.75, 3.05) is 18.1 Å². The maximum absolute atomic E-state index is 14.0. The highest BCUT2D eigenvalue weighted by Gasteiger charge is 2.37. The lowest BCUT2D eigenvalue weighted by atomic mass is 10.0. The fraction of sp³-hybridized carbons (Fsp3) is 0.500. The molecule has 35 heteroatoms. The summed E-state index contributed by atoms with van der Waals surface area (Å²) in [6.45, 7) is 0.450. The number of aliphatic hydroxyl groups excluding tert-OH is 1. The van der Waals surface area contributed by atoms with Crippen LogP contribution in [0.1, 0.15) is 63.1 Å². The summed E-state index contributed by atoms with van der Waals surface area (Å²) in [5, 5.41) is 69.3. The van der Waals surface area contributed by atoms with Gasteiger partial charge in [-0.1, -0.05) is 12.1 Å². The second kappa shape index (κ2) is 34.4. The Kier molecular flexibility index (Phi) is 29.1. The lowest BCUT2D eigenvalue weighted by Crippen LogP contribution is -2.62. The summed E-state index contributed by atoms with van der Waals surface area (Å²) in [4.78, 5) is 187. The Morgan fingerprint density at radius 2 is 0.963 bits per heavy atom. The van der Waals surface area contributed by atoms with Crippen LogP contribution in [-0.4, -0.2) is 197 Å². The average molecular weight is 1180 g/mol. The van der Waals surface area contributed by atoms with E-state index in [-0.39, 0.29) is 24.3 Å². The number of aromatic hydroxyl groups is 1. The Morgan fingerprint density at radius 1 is 0.543 bits per heavy atom. The summed E-state index contributed by atoms with van der Waals surface area (Å²) in [5.41, 5.74) is 16.7. The number of nitrogens with one attached hydrogen (secondary N) is 10. The van der Waals surface area contributed by atoms with E-state index in [0.717, 1.165) is 6.92 Å². The van der Waals surface area contributed by atoms with Crippen molar-refractivity contribution in [1.29, 1.82) is 0 Å². The second-order valence-corrected chi connectivity index (χ2v) is 18.6. The molecule has 0 bridgehead atoms. The number of phenolic OH excluding ortho intramolecular Hbond substituents is 1. The van der Waals surface area contributed by atoms with Gasteiger partial charge >= 0.3 is 17.9 Å². The number of hydrogen-bond donors (Lipinski definition) is 20. The third-order valence-corrected chi connectivity index (χ3v) is 12.2. The summed E-state index contributed by atoms with van der Waals surface area (Å²) in [7, 11) is 0. The lowest BCUT2D eigenvalue weighted by molar-refractivity contribution is -0.142. The van der Waals surface area contributed by atoms with Gasteiger partial charge in [0.15, 0.2) is 0 Å². The van der Waals surface area contributed by atoms with E-state index >= 15 is 0 Å². The summed E-state index contributed by atoms with van der Waals surface area (Å²) < 4.78 is 0. The van der Waals surface area contributed by atoms with E-state index in [9.17, 15) is 92.7 Å². The minimum atomic E-state index is -2.12. The number of imidazole rings is 1. The predicted octanol–water partition coefficient (Wildman–Crippen LogP) is -7.58. The van der Waals surface area contributed by atoms with Crippen LogP contribution in [0.15, 0.2) is 36.8 Å². The zero-order valence-electron chi connectivity index (χ0n) is 43.2. The number of carbonyl (C=O) groups is 14. The van der Waals surface area contributed by atoms with Crippen LogP contribution >= 0.6 is 25.3 Å². The molecule has 0 saturated heterocycles. The molecule has 2 aromatic rings. The molecular formula is C46H66N14O19S2. The fourth-order valence-electron chi connectivity index (χ4n) is 7.12. The van der Waals surface area contributed by atoms with Gasteiger partial charge in [-0.2, -0.15) is 25.3 Å². The number of aliphatic hydroxyl groups is 1. The Labute approximate surface area is 471 Å². The van der Waals surface area contributed by atoms with E-state index in [1.54, 1.807) is 0 Å². The van der Waals surface area contributed by atoms with Crippen LogP contribution in [0.25, 0.3) is 0 Å². The van der Waals surface area contributed by atoms with E-state index in [2.05, 4.69) is 83.1 Å². The van der Waals surface area contributed by atoms with Crippen LogP contribution < -0.4 is 65.1 Å². The molecule has 81 heavy (non-hydrogen) atoms. The number of H-pyrrole nitrogens is 1. The fourth-order valence-corrected chi connectivity index (χ4v) is 7.65. The number of aliphatic carboxylic acids is 3. The summed E-state index contributed by atoms with van der Waals surface area (Å²) in [6, 6.07) is -10.3. The highest BCUT2D eigenvalue weighted by molar-refractivity contribution is 7.80. The number of carbonyl (C=O) groups excluding carboxylic acids is 11. The molecule has 0 aliphatic rings. The van der Waals surface area contributed by atoms with Gasteiger partial charge in [0.05, 0.1) is 25.4 Å². The summed E-state index contributed by atoms with van der Waals surface area (Å²) in [5.74, 6) is -18.2. The monoisotopic (exact) mass is 1180 g/mol. The minimum absolute atomic E-state index is 0.144. The number of aromatic nitrogens is 2. The van der Waals surface area contributed by atoms with Crippen molar-refractivity contribution in [2.24, 2.45) is 17.2 Å². The van der Waals surface area contributed by atoms with Crippen LogP contribution in [0, 0.1) is 0 Å². The zero-order valence-corrected chi connectivity index (χ0v) is 45.0. The third kappa shape index (κ3) is 25.0. The number of carboxylic acid groups (broad SMARTS) is 3. The smallest absolute Gasteiger partial charge is 0.305 e. The average Bonchev–Trinajstić information content (AvgIpc) is 3.93. The topological polar surface area (TPSA) is 555 Å². The first-order valence-corrected chi connectivity index (χ1v) is 25.7. The highest BCUT2D eigenvalue weighted by atomic mass is 32.1. The van der Waals surface area contributed by atoms with Crippen LogP contribution in [0.2, 0.25) is 0 Å². The normalized spacial score (nSPS) is 14.6. The van der Waals surface area contributed by atoms with Crippen molar-refractivity contribution in [1.82, 2.24) is 57.8 Å². The van der Waals surface area contributed by atoms with Crippen LogP contribution in [-0.2, 0) is 80.0 Å². The van der Waals surface area contributed by atoms with Gasteiger partial charge in [0.1, 0.15) is 60.1 Å². The third-order valence-electron chi connectivity index (χ3n) is 11.4. The SMILES string of the molecule is C[C@@H](O)[C@H](NC(=O)[C@H](CCC(=O)O)NC(=O)[C@H](CC(=O)O)NC(=O)[C@H](CS)NC(=O)[C@H](Cc1ccc(O)cc1)NC(=O)[C@H](Cc1cnc[nH]1)NC(=O)CN)C(=O)N[C@@H](CCC(=O)O)C(=O)N[C@@H](CCC(N)=O)C(=O)N[C@@H](CS)C(N)=O. The van der Waals surface area contributed by atoms with E-state index in [1.165, 1.54) is 36.8 Å². The number of rotatable bonds is 37. The number of phenols is 1. The number of hydrogen-bond acceptors (Lipinski definition) is 20. The van der Waals surface area contributed by atoms with Gasteiger partial charge in [0, 0.05) is 55.5 Å². The maximum Gasteiger partial charge on any atom is 0.305 e. The van der Waals surface area contributed by atoms with Gasteiger partial charge in [-0.05, 0) is 43.9 Å². The van der Waals surface area contributed by atoms with Crippen LogP contribution in [0.5, 0.6) is 5.75 Å². The highest BCUT2D eigenvalue weighted by Crippen LogP contribution is 2.13. The van der Waals surface area contributed by atoms with Crippen molar-refractivity contribution in [3.05, 3.63) is 48.0 Å². The molecule has 10 atom stereocenters. The molecule has 0 fully saturated rings. The number of thiol groups is 2. The van der Waals surface area contributed by atoms with Crippen molar-refractivity contribution in [3.63, 3.8) is 0 Å². The van der Waals surface area contributed by atoms with Gasteiger partial charge in [-0.25, -0.2) is 4.98 Å². The molecule has 33 nitrogen and oxygen atoms in total. The van der Waals surface area contributed by atoms with Crippen molar-refractivity contribution < 1.29 is 92.7 Å². The van der Waals surface area contributed by atoms with Crippen molar-refractivity contribution in [3.8, 4) is 5.75 Å². The molecule has 11 amide bonds. The van der Waals surface area contributed by atoms with E-state index < -0.39 is 201 Å². The van der Waals surface area contributed by atoms with Crippen LogP contribution in [0.4, 0.5) is 0 Å². The van der Waals surface area contributed by atoms with E-state index in [4.69, 9.17) is 17.2 Å². The van der Waals surface area contributed by atoms with Gasteiger partial charge in [0.2, 0.25) is 65.0 Å². The van der Waals surface area contributed by atoms with E-state index in [0.29, 0.717) is 11.3 Å². The summed E-state index contributed by atoms with van der Waals surface area (Å²) in [6.07, 6.45) is -5.04. The number of benzene rings is 1. The minimum Gasteiger partial charge on any atom is -0.508 e. The van der Waals surface area contributed by atoms with Gasteiger partial charge in [-0.3, -0.25) is 67.1 Å². The predicted molar refractivity (Wildman–Crippen MR) is 284 cm³/mol. The van der Waals surface area contributed by atoms with E-state index in [1.807, 2.05) is 0 Å². The number of amides is 11. The maximum atomic E-state index is 14.0. The first-order valence-electron chi connectivity index (χ1n) is 24.4. The first kappa shape index (κ1) is 68.5. The molecule has 1 aromatic heterocycles. The van der Waals surface area contributed by atoms with Crippen LogP contribution in [0.3, 0.4) is 0 Å². The molecule has 0 radical (unpaired) electrons. The number of nitrogens with zero attached hydrogens (tertiary/aromatic N) is 1. The molecule has 446 valence electrons. The molecular weight excluding hydrogens is 1120 g/mol. The Bertz CT molecular complexity index is 2580. The number of carboxylic acids is 3. The Balaban J connectivity index is 2.42. The Morgan fingerprint density at radius 3 is 1.41 bits per heavy atom. The van der Waals surface area contributed by atoms with Gasteiger partial charge in [-0.15, -0.1) is 0 Å². The summed E-state index contributed by atoms with van der Waals surface area (Å²) >= 11 is 8.04. The molecule has 0 aliphatic carbocycles. The molecule has 0 aliphatic heterocycles. The second-order valence-electron chi connectivity index (χ2n) is 17.9. The molecule has 1 heterocycles.